The lowest BCUT2D eigenvalue weighted by Gasteiger charge is -2.35. The van der Waals surface area contributed by atoms with Gasteiger partial charge >= 0.3 is 0 Å². The molecule has 2 aromatic heterocycles. The summed E-state index contributed by atoms with van der Waals surface area (Å²) in [4.78, 5) is 35.5. The molecule has 1 fully saturated rings. The summed E-state index contributed by atoms with van der Waals surface area (Å²) in [6, 6.07) is 21.1. The lowest BCUT2D eigenvalue weighted by molar-refractivity contribution is -0.128. The molecule has 0 radical (unpaired) electrons. The Morgan fingerprint density at radius 1 is 1.00 bits per heavy atom. The van der Waals surface area contributed by atoms with E-state index in [0.29, 0.717) is 17.9 Å². The molecule has 0 spiro atoms. The van der Waals surface area contributed by atoms with Gasteiger partial charge in [0.1, 0.15) is 5.54 Å². The van der Waals surface area contributed by atoms with Crippen molar-refractivity contribution in [3.05, 3.63) is 102 Å². The highest BCUT2D eigenvalue weighted by Gasteiger charge is 2.39. The van der Waals surface area contributed by atoms with Crippen LogP contribution in [0.15, 0.2) is 79.1 Å². The van der Waals surface area contributed by atoms with Gasteiger partial charge in [-0.15, -0.1) is 0 Å². The summed E-state index contributed by atoms with van der Waals surface area (Å²) in [5.41, 5.74) is 3.27. The minimum atomic E-state index is -1.19. The molecule has 0 saturated heterocycles. The number of hydrogen-bond donors (Lipinski definition) is 3. The molecule has 2 heterocycles. The SMILES string of the molecule is Cc1ccc(C(=O)N[C@@](C)(Cc2c[nH]c3ccccc23)C(=O)NC(c2ccccn2)C2CCCCC2)cc1. The maximum atomic E-state index is 14.2. The first kappa shape index (κ1) is 25.7. The van der Waals surface area contributed by atoms with Gasteiger partial charge in [-0.3, -0.25) is 14.6 Å². The molecule has 1 saturated carbocycles. The Morgan fingerprint density at radius 3 is 2.47 bits per heavy atom. The number of aromatic amines is 1. The molecular formula is C32H36N4O2. The third-order valence-electron chi connectivity index (χ3n) is 7.84. The van der Waals surface area contributed by atoms with Gasteiger partial charge in [-0.2, -0.15) is 0 Å². The van der Waals surface area contributed by atoms with E-state index < -0.39 is 5.54 Å². The van der Waals surface area contributed by atoms with E-state index in [2.05, 4.69) is 20.6 Å². The van der Waals surface area contributed by atoms with Crippen molar-refractivity contribution in [2.45, 2.75) is 64.0 Å². The summed E-state index contributed by atoms with van der Waals surface area (Å²) in [5, 5.41) is 7.50. The van der Waals surface area contributed by atoms with Crippen LogP contribution < -0.4 is 10.6 Å². The zero-order chi connectivity index (χ0) is 26.5. The monoisotopic (exact) mass is 508 g/mol. The number of aromatic nitrogens is 2. The molecule has 196 valence electrons. The standard InChI is InChI=1S/C32H36N4O2/c1-22-15-17-24(18-16-22)30(37)36-32(2,20-25-21-34-27-13-7-6-12-26(25)27)31(38)35-29(23-10-4-3-5-11-23)28-14-8-9-19-33-28/h6-9,12-19,21,23,29,34H,3-5,10-11,20H2,1-2H3,(H,35,38)(H,36,37)/t29?,32-/m0/s1. The number of rotatable bonds is 8. The van der Waals surface area contributed by atoms with Crippen molar-refractivity contribution in [3.8, 4) is 0 Å². The quantitative estimate of drug-likeness (QED) is 0.271. The van der Waals surface area contributed by atoms with Gasteiger partial charge in [0.05, 0.1) is 11.7 Å². The highest BCUT2D eigenvalue weighted by atomic mass is 16.2. The highest BCUT2D eigenvalue weighted by Crippen LogP contribution is 2.34. The Kier molecular flexibility index (Phi) is 7.59. The summed E-state index contributed by atoms with van der Waals surface area (Å²) in [5.74, 6) is -0.160. The van der Waals surface area contributed by atoms with Crippen LogP contribution in [0.25, 0.3) is 10.9 Å². The van der Waals surface area contributed by atoms with Crippen molar-refractivity contribution in [2.24, 2.45) is 5.92 Å². The number of para-hydroxylation sites is 1. The van der Waals surface area contributed by atoms with E-state index in [4.69, 9.17) is 0 Å². The number of hydrogen-bond acceptors (Lipinski definition) is 3. The minimum Gasteiger partial charge on any atom is -0.361 e. The van der Waals surface area contributed by atoms with Crippen LogP contribution >= 0.6 is 0 Å². The fourth-order valence-electron chi connectivity index (χ4n) is 5.63. The second-order valence-electron chi connectivity index (χ2n) is 10.8. The van der Waals surface area contributed by atoms with Crippen LogP contribution in [0, 0.1) is 12.8 Å². The molecule has 2 amide bonds. The first-order valence-electron chi connectivity index (χ1n) is 13.6. The number of H-pyrrole nitrogens is 1. The Labute approximate surface area is 224 Å². The van der Waals surface area contributed by atoms with Crippen molar-refractivity contribution in [1.82, 2.24) is 20.6 Å². The second-order valence-corrected chi connectivity index (χ2v) is 10.8. The predicted octanol–water partition coefficient (Wildman–Crippen LogP) is 6.04. The average Bonchev–Trinajstić information content (AvgIpc) is 3.35. The number of nitrogens with zero attached hydrogens (tertiary/aromatic N) is 1. The van der Waals surface area contributed by atoms with E-state index >= 15 is 0 Å². The van der Waals surface area contributed by atoms with Crippen molar-refractivity contribution in [1.29, 1.82) is 0 Å². The maximum Gasteiger partial charge on any atom is 0.252 e. The van der Waals surface area contributed by atoms with Crippen LogP contribution in [0.3, 0.4) is 0 Å². The van der Waals surface area contributed by atoms with Crippen LogP contribution in [-0.2, 0) is 11.2 Å². The first-order chi connectivity index (χ1) is 18.4. The van der Waals surface area contributed by atoms with E-state index in [0.717, 1.165) is 53.4 Å². The van der Waals surface area contributed by atoms with E-state index in [1.54, 1.807) is 18.3 Å². The average molecular weight is 509 g/mol. The summed E-state index contributed by atoms with van der Waals surface area (Å²) < 4.78 is 0. The van der Waals surface area contributed by atoms with Crippen LogP contribution in [0.5, 0.6) is 0 Å². The molecule has 38 heavy (non-hydrogen) atoms. The number of pyridine rings is 1. The van der Waals surface area contributed by atoms with Gasteiger partial charge in [-0.05, 0) is 68.5 Å². The lowest BCUT2D eigenvalue weighted by Crippen LogP contribution is -2.59. The topological polar surface area (TPSA) is 86.9 Å². The number of aryl methyl sites for hydroxylation is 1. The molecule has 4 aromatic rings. The number of fused-ring (bicyclic) bond motifs is 1. The number of amides is 2. The van der Waals surface area contributed by atoms with Gasteiger partial charge in [-0.25, -0.2) is 0 Å². The van der Waals surface area contributed by atoms with Crippen molar-refractivity contribution in [3.63, 3.8) is 0 Å². The van der Waals surface area contributed by atoms with E-state index in [-0.39, 0.29) is 17.9 Å². The third-order valence-corrected chi connectivity index (χ3v) is 7.84. The molecular weight excluding hydrogens is 472 g/mol. The van der Waals surface area contributed by atoms with Crippen LogP contribution in [-0.4, -0.2) is 27.3 Å². The molecule has 1 unspecified atom stereocenters. The molecule has 1 aliphatic carbocycles. The fraction of sp³-hybridized carbons (Fsp3) is 0.344. The lowest BCUT2D eigenvalue weighted by atomic mass is 9.81. The molecule has 0 aliphatic heterocycles. The van der Waals surface area contributed by atoms with Crippen molar-refractivity contribution >= 4 is 22.7 Å². The summed E-state index contributed by atoms with van der Waals surface area (Å²) in [6.45, 7) is 3.81. The van der Waals surface area contributed by atoms with Crippen LogP contribution in [0.4, 0.5) is 0 Å². The summed E-state index contributed by atoms with van der Waals surface area (Å²) in [6.07, 6.45) is 9.70. The molecule has 0 bridgehead atoms. The first-order valence-corrected chi connectivity index (χ1v) is 13.6. The molecule has 1 aliphatic rings. The number of nitrogens with one attached hydrogen (secondary N) is 3. The maximum absolute atomic E-state index is 14.2. The number of carbonyl (C=O) groups excluding carboxylic acids is 2. The minimum absolute atomic E-state index is 0.204. The fourth-order valence-corrected chi connectivity index (χ4v) is 5.63. The zero-order valence-electron chi connectivity index (χ0n) is 22.2. The second kappa shape index (κ2) is 11.2. The molecule has 6 nitrogen and oxygen atoms in total. The van der Waals surface area contributed by atoms with Gasteiger partial charge in [0.15, 0.2) is 0 Å². The predicted molar refractivity (Wildman–Crippen MR) is 151 cm³/mol. The van der Waals surface area contributed by atoms with Crippen molar-refractivity contribution in [2.75, 3.05) is 0 Å². The van der Waals surface area contributed by atoms with Crippen LogP contribution in [0.1, 0.15) is 72.2 Å². The van der Waals surface area contributed by atoms with Gasteiger partial charge in [0.2, 0.25) is 5.91 Å². The van der Waals surface area contributed by atoms with E-state index in [9.17, 15) is 9.59 Å². The molecule has 3 N–H and O–H groups in total. The Morgan fingerprint density at radius 2 is 1.74 bits per heavy atom. The molecule has 6 heteroatoms. The van der Waals surface area contributed by atoms with Gasteiger partial charge < -0.3 is 15.6 Å². The Bertz CT molecular complexity index is 1390. The zero-order valence-corrected chi connectivity index (χ0v) is 22.2. The van der Waals surface area contributed by atoms with Crippen LogP contribution in [0.2, 0.25) is 0 Å². The Hall–Kier alpha value is -3.93. The smallest absolute Gasteiger partial charge is 0.252 e. The van der Waals surface area contributed by atoms with Crippen molar-refractivity contribution < 1.29 is 9.59 Å². The molecule has 2 atom stereocenters. The number of benzene rings is 2. The van der Waals surface area contributed by atoms with E-state index in [1.165, 1.54) is 6.42 Å². The van der Waals surface area contributed by atoms with Gasteiger partial charge in [-0.1, -0.05) is 61.2 Å². The third kappa shape index (κ3) is 5.64. The molecule has 5 rings (SSSR count). The van der Waals surface area contributed by atoms with Gasteiger partial charge in [0, 0.05) is 35.3 Å². The Balaban J connectivity index is 1.47. The summed E-state index contributed by atoms with van der Waals surface area (Å²) in [7, 11) is 0. The largest absolute Gasteiger partial charge is 0.361 e. The highest BCUT2D eigenvalue weighted by molar-refractivity contribution is 5.99. The number of carbonyl (C=O) groups is 2. The van der Waals surface area contributed by atoms with E-state index in [1.807, 2.05) is 74.6 Å². The summed E-state index contributed by atoms with van der Waals surface area (Å²) >= 11 is 0. The molecule has 2 aromatic carbocycles. The van der Waals surface area contributed by atoms with Gasteiger partial charge in [0.25, 0.3) is 5.91 Å². The normalized spacial score (nSPS) is 16.5.